The van der Waals surface area contributed by atoms with E-state index in [1.54, 1.807) is 13.0 Å². The number of rotatable bonds is 3. The van der Waals surface area contributed by atoms with Gasteiger partial charge < -0.3 is 15.3 Å². The molecule has 0 radical (unpaired) electrons. The van der Waals surface area contributed by atoms with Gasteiger partial charge in [-0.15, -0.1) is 0 Å². The Labute approximate surface area is 76.5 Å². The third-order valence-electron chi connectivity index (χ3n) is 2.75. The molecule has 0 amide bonds. The number of aliphatic hydroxyl groups excluding tert-OH is 2. The maximum absolute atomic E-state index is 10.5. The largest absolute Gasteiger partial charge is 0.481 e. The molecule has 1 aliphatic carbocycles. The second-order valence-corrected chi connectivity index (χ2v) is 3.63. The minimum Gasteiger partial charge on any atom is -0.481 e. The van der Waals surface area contributed by atoms with Crippen LogP contribution in [0.5, 0.6) is 0 Å². The number of aliphatic hydroxyl groups is 2. The van der Waals surface area contributed by atoms with Crippen molar-refractivity contribution in [3.8, 4) is 0 Å². The summed E-state index contributed by atoms with van der Waals surface area (Å²) in [5, 5.41) is 27.2. The highest BCUT2D eigenvalue weighted by molar-refractivity contribution is 5.68. The summed E-state index contributed by atoms with van der Waals surface area (Å²) in [5.41, 5.74) is -0.164. The molecular weight excluding hydrogens is 172 g/mol. The van der Waals surface area contributed by atoms with Crippen LogP contribution >= 0.6 is 0 Å². The van der Waals surface area contributed by atoms with Gasteiger partial charge in [-0.1, -0.05) is 13.0 Å². The van der Waals surface area contributed by atoms with Crippen molar-refractivity contribution in [3.05, 3.63) is 11.6 Å². The number of carbonyl (C=O) groups is 1. The highest BCUT2D eigenvalue weighted by atomic mass is 16.4. The zero-order chi connectivity index (χ0) is 10.1. The molecule has 0 unspecified atom stereocenters. The Kier molecular flexibility index (Phi) is 2.73. The number of hydrogen-bond acceptors (Lipinski definition) is 3. The van der Waals surface area contributed by atoms with Crippen LogP contribution in [-0.2, 0) is 4.79 Å². The zero-order valence-corrected chi connectivity index (χ0v) is 7.53. The molecule has 0 saturated heterocycles. The summed E-state index contributed by atoms with van der Waals surface area (Å²) in [4.78, 5) is 10.5. The first kappa shape index (κ1) is 10.2. The SMILES string of the molecule is C[C@@]1(CC(=O)O)C(CO)=CC[C@@H]1O. The summed E-state index contributed by atoms with van der Waals surface area (Å²) in [6, 6.07) is 0. The van der Waals surface area contributed by atoms with Crippen LogP contribution < -0.4 is 0 Å². The second-order valence-electron chi connectivity index (χ2n) is 3.63. The molecule has 0 fully saturated rings. The quantitative estimate of drug-likeness (QED) is 0.548. The molecular formula is C9H14O4. The Balaban J connectivity index is 2.84. The van der Waals surface area contributed by atoms with E-state index in [-0.39, 0.29) is 13.0 Å². The molecule has 0 bridgehead atoms. The average molecular weight is 186 g/mol. The van der Waals surface area contributed by atoms with Gasteiger partial charge in [0.25, 0.3) is 0 Å². The summed E-state index contributed by atoms with van der Waals surface area (Å²) in [6.07, 6.45) is 1.32. The lowest BCUT2D eigenvalue weighted by molar-refractivity contribution is -0.140. The van der Waals surface area contributed by atoms with Gasteiger partial charge in [0.05, 0.1) is 19.1 Å². The number of hydrogen-bond donors (Lipinski definition) is 3. The smallest absolute Gasteiger partial charge is 0.304 e. The lowest BCUT2D eigenvalue weighted by Crippen LogP contribution is -2.33. The van der Waals surface area contributed by atoms with Crippen molar-refractivity contribution in [1.82, 2.24) is 0 Å². The van der Waals surface area contributed by atoms with Gasteiger partial charge in [0.1, 0.15) is 0 Å². The van der Waals surface area contributed by atoms with E-state index in [9.17, 15) is 9.90 Å². The number of carboxylic acid groups (broad SMARTS) is 1. The van der Waals surface area contributed by atoms with Crippen LogP contribution in [0.1, 0.15) is 19.8 Å². The second kappa shape index (κ2) is 3.47. The van der Waals surface area contributed by atoms with E-state index >= 15 is 0 Å². The van der Waals surface area contributed by atoms with Gasteiger partial charge in [-0.2, -0.15) is 0 Å². The molecule has 0 aromatic heterocycles. The van der Waals surface area contributed by atoms with Crippen molar-refractivity contribution in [2.45, 2.75) is 25.9 Å². The van der Waals surface area contributed by atoms with E-state index in [0.29, 0.717) is 12.0 Å². The molecule has 1 aliphatic rings. The van der Waals surface area contributed by atoms with Crippen LogP contribution in [0.25, 0.3) is 0 Å². The van der Waals surface area contributed by atoms with Crippen LogP contribution in [-0.4, -0.2) is 34.0 Å². The minimum atomic E-state index is -0.956. The third-order valence-corrected chi connectivity index (χ3v) is 2.75. The van der Waals surface area contributed by atoms with Crippen molar-refractivity contribution < 1.29 is 20.1 Å². The molecule has 2 atom stereocenters. The fourth-order valence-corrected chi connectivity index (χ4v) is 1.75. The average Bonchev–Trinajstić information content (AvgIpc) is 2.27. The number of carboxylic acids is 1. The van der Waals surface area contributed by atoms with Crippen molar-refractivity contribution in [2.24, 2.45) is 5.41 Å². The lowest BCUT2D eigenvalue weighted by atomic mass is 9.78. The van der Waals surface area contributed by atoms with E-state index in [2.05, 4.69) is 0 Å². The van der Waals surface area contributed by atoms with E-state index in [4.69, 9.17) is 10.2 Å². The van der Waals surface area contributed by atoms with Crippen molar-refractivity contribution in [2.75, 3.05) is 6.61 Å². The van der Waals surface area contributed by atoms with Crippen LogP contribution in [0.15, 0.2) is 11.6 Å². The predicted octanol–water partition coefficient (Wildman–Crippen LogP) is 0.151. The Hall–Kier alpha value is -0.870. The van der Waals surface area contributed by atoms with E-state index in [0.717, 1.165) is 0 Å². The van der Waals surface area contributed by atoms with E-state index in [1.165, 1.54) is 0 Å². The minimum absolute atomic E-state index is 0.138. The Bertz CT molecular complexity index is 246. The number of aliphatic carboxylic acids is 1. The molecule has 0 aromatic carbocycles. The fraction of sp³-hybridized carbons (Fsp3) is 0.667. The topological polar surface area (TPSA) is 77.8 Å². The molecule has 0 spiro atoms. The summed E-state index contributed by atoms with van der Waals surface area (Å²) in [7, 11) is 0. The van der Waals surface area contributed by atoms with Crippen LogP contribution in [0.3, 0.4) is 0 Å². The van der Waals surface area contributed by atoms with Gasteiger partial charge >= 0.3 is 5.97 Å². The summed E-state index contributed by atoms with van der Waals surface area (Å²) in [5.74, 6) is -0.956. The zero-order valence-electron chi connectivity index (χ0n) is 7.53. The van der Waals surface area contributed by atoms with Crippen LogP contribution in [0.2, 0.25) is 0 Å². The fourth-order valence-electron chi connectivity index (χ4n) is 1.75. The van der Waals surface area contributed by atoms with Crippen molar-refractivity contribution in [3.63, 3.8) is 0 Å². The summed E-state index contributed by atoms with van der Waals surface area (Å²) in [6.45, 7) is 1.49. The molecule has 0 saturated carbocycles. The first-order valence-corrected chi connectivity index (χ1v) is 4.21. The monoisotopic (exact) mass is 186 g/mol. The molecule has 3 N–H and O–H groups in total. The Morgan fingerprint density at radius 2 is 2.38 bits per heavy atom. The predicted molar refractivity (Wildman–Crippen MR) is 46.2 cm³/mol. The van der Waals surface area contributed by atoms with Gasteiger partial charge in [-0.05, 0) is 12.0 Å². The highest BCUT2D eigenvalue weighted by Crippen LogP contribution is 2.41. The first-order valence-electron chi connectivity index (χ1n) is 4.21. The highest BCUT2D eigenvalue weighted by Gasteiger charge is 2.41. The third kappa shape index (κ3) is 1.73. The van der Waals surface area contributed by atoms with Crippen molar-refractivity contribution in [1.29, 1.82) is 0 Å². The molecule has 4 heteroatoms. The molecule has 0 aromatic rings. The van der Waals surface area contributed by atoms with Crippen LogP contribution in [0.4, 0.5) is 0 Å². The van der Waals surface area contributed by atoms with Gasteiger partial charge in [0.2, 0.25) is 0 Å². The van der Waals surface area contributed by atoms with Gasteiger partial charge in [0, 0.05) is 5.41 Å². The molecule has 13 heavy (non-hydrogen) atoms. The van der Waals surface area contributed by atoms with Gasteiger partial charge in [-0.3, -0.25) is 4.79 Å². The molecule has 4 nitrogen and oxygen atoms in total. The Morgan fingerprint density at radius 3 is 2.85 bits per heavy atom. The first-order chi connectivity index (χ1) is 6.00. The van der Waals surface area contributed by atoms with Gasteiger partial charge in [-0.25, -0.2) is 0 Å². The standard InChI is InChI=1S/C9H14O4/c1-9(4-8(12)13)6(5-10)2-3-7(9)11/h2,7,10-11H,3-5H2,1H3,(H,12,13)/t7-,9+/m0/s1. The maximum atomic E-state index is 10.5. The van der Waals surface area contributed by atoms with Crippen molar-refractivity contribution >= 4 is 5.97 Å². The summed E-state index contributed by atoms with van der Waals surface area (Å²) >= 11 is 0. The lowest BCUT2D eigenvalue weighted by Gasteiger charge is -2.29. The van der Waals surface area contributed by atoms with Gasteiger partial charge in [0.15, 0.2) is 0 Å². The molecule has 1 rings (SSSR count). The molecule has 74 valence electrons. The van der Waals surface area contributed by atoms with E-state index in [1.807, 2.05) is 0 Å². The molecule has 0 aliphatic heterocycles. The molecule has 0 heterocycles. The maximum Gasteiger partial charge on any atom is 0.304 e. The van der Waals surface area contributed by atoms with Crippen LogP contribution in [0, 0.1) is 5.41 Å². The van der Waals surface area contributed by atoms with E-state index < -0.39 is 17.5 Å². The normalized spacial score (nSPS) is 33.2. The summed E-state index contributed by atoms with van der Waals surface area (Å²) < 4.78 is 0. The Morgan fingerprint density at radius 1 is 1.77 bits per heavy atom.